The van der Waals surface area contributed by atoms with E-state index in [0.29, 0.717) is 33.9 Å². The average Bonchev–Trinajstić information content (AvgIpc) is 3.32. The number of anilines is 1. The molecular weight excluding hydrogens is 627 g/mol. The minimum absolute atomic E-state index is 0.163. The van der Waals surface area contributed by atoms with Gasteiger partial charge in [-0.1, -0.05) is 23.2 Å². The van der Waals surface area contributed by atoms with Gasteiger partial charge in [0.25, 0.3) is 0 Å². The third-order valence-electron chi connectivity index (χ3n) is 5.95. The molecule has 2 amide bonds. The number of hydrogen-bond donors (Lipinski definition) is 2. The zero-order valence-corrected chi connectivity index (χ0v) is 28.2. The maximum absolute atomic E-state index is 12.6. The highest BCUT2D eigenvalue weighted by Gasteiger charge is 2.27. The summed E-state index contributed by atoms with van der Waals surface area (Å²) < 4.78 is 23.8. The van der Waals surface area contributed by atoms with Gasteiger partial charge in [0.15, 0.2) is 17.0 Å². The first-order valence-electron chi connectivity index (χ1n) is 14.4. The van der Waals surface area contributed by atoms with Gasteiger partial charge in [0, 0.05) is 5.56 Å². The lowest BCUT2D eigenvalue weighted by Gasteiger charge is -2.24. The molecule has 3 rings (SSSR count). The first kappa shape index (κ1) is 35.6. The number of benzene rings is 1. The van der Waals surface area contributed by atoms with Crippen molar-refractivity contribution < 1.29 is 33.3 Å². The van der Waals surface area contributed by atoms with Gasteiger partial charge in [-0.05, 0) is 80.4 Å². The van der Waals surface area contributed by atoms with Crippen molar-refractivity contribution in [1.29, 1.82) is 0 Å². The molecule has 246 valence electrons. The Morgan fingerprint density at radius 1 is 0.956 bits per heavy atom. The van der Waals surface area contributed by atoms with Crippen LogP contribution in [0.15, 0.2) is 24.8 Å². The molecule has 45 heavy (non-hydrogen) atoms. The van der Waals surface area contributed by atoms with E-state index in [0.717, 1.165) is 0 Å². The molecule has 3 aromatic rings. The van der Waals surface area contributed by atoms with Crippen molar-refractivity contribution in [1.82, 2.24) is 24.8 Å². The summed E-state index contributed by atoms with van der Waals surface area (Å²) in [6, 6.07) is 2.39. The fourth-order valence-electron chi connectivity index (χ4n) is 4.11. The van der Waals surface area contributed by atoms with Crippen molar-refractivity contribution in [3.63, 3.8) is 0 Å². The number of rotatable bonds is 11. The first-order chi connectivity index (χ1) is 21.0. The highest BCUT2D eigenvalue weighted by Crippen LogP contribution is 2.35. The van der Waals surface area contributed by atoms with Crippen LogP contribution in [0.3, 0.4) is 0 Å². The van der Waals surface area contributed by atoms with Crippen LogP contribution in [0.25, 0.3) is 11.2 Å². The SMILES string of the molecule is CCOC(=O)[C@@H](CCC(C)Oc1ccc(Cl)c(Cl)c1Cn1cnc2c(NC(=O)OC(C)(C)C)ncnc21)NC(=O)OC(C)(C)C. The lowest BCUT2D eigenvalue weighted by Crippen LogP contribution is -2.44. The van der Waals surface area contributed by atoms with Gasteiger partial charge in [-0.3, -0.25) is 5.32 Å². The van der Waals surface area contributed by atoms with E-state index in [-0.39, 0.29) is 30.4 Å². The van der Waals surface area contributed by atoms with Crippen molar-refractivity contribution in [2.45, 2.75) is 98.1 Å². The molecule has 2 aromatic heterocycles. The van der Waals surface area contributed by atoms with E-state index < -0.39 is 41.5 Å². The fraction of sp³-hybridized carbons (Fsp3) is 0.533. The molecule has 0 aliphatic heterocycles. The summed E-state index contributed by atoms with van der Waals surface area (Å²) in [6.45, 7) is 14.3. The minimum atomic E-state index is -0.931. The van der Waals surface area contributed by atoms with Gasteiger partial charge in [-0.15, -0.1) is 0 Å². The Kier molecular flexibility index (Phi) is 11.8. The van der Waals surface area contributed by atoms with Crippen molar-refractivity contribution in [2.75, 3.05) is 11.9 Å². The lowest BCUT2D eigenvalue weighted by molar-refractivity contribution is -0.145. The molecule has 13 nitrogen and oxygen atoms in total. The van der Waals surface area contributed by atoms with Crippen LogP contribution in [0.1, 0.15) is 73.8 Å². The average molecular weight is 668 g/mol. The quantitative estimate of drug-likeness (QED) is 0.170. The number of ether oxygens (including phenoxy) is 4. The third-order valence-corrected chi connectivity index (χ3v) is 6.80. The third kappa shape index (κ3) is 10.6. The molecular formula is C30H40Cl2N6O7. The van der Waals surface area contributed by atoms with E-state index in [1.165, 1.54) is 12.7 Å². The fourth-order valence-corrected chi connectivity index (χ4v) is 4.50. The smallest absolute Gasteiger partial charge is 0.413 e. The van der Waals surface area contributed by atoms with E-state index in [1.54, 1.807) is 65.2 Å². The second-order valence-corrected chi connectivity index (χ2v) is 13.0. The number of aromatic nitrogens is 4. The number of esters is 1. The predicted molar refractivity (Wildman–Crippen MR) is 170 cm³/mol. The number of halogens is 2. The normalized spacial score (nSPS) is 13.1. The number of imidazole rings is 1. The number of nitrogens with zero attached hydrogens (tertiary/aromatic N) is 4. The molecule has 1 unspecified atom stereocenters. The van der Waals surface area contributed by atoms with Gasteiger partial charge in [-0.25, -0.2) is 29.3 Å². The summed E-state index contributed by atoms with van der Waals surface area (Å²) in [5.74, 6) is 0.0689. The summed E-state index contributed by atoms with van der Waals surface area (Å²) in [5.41, 5.74) is -0.0890. The zero-order chi connectivity index (χ0) is 33.5. The Morgan fingerprint density at radius 2 is 1.62 bits per heavy atom. The number of amides is 2. The van der Waals surface area contributed by atoms with E-state index in [4.69, 9.17) is 42.1 Å². The van der Waals surface area contributed by atoms with E-state index >= 15 is 0 Å². The van der Waals surface area contributed by atoms with Crippen LogP contribution in [0, 0.1) is 0 Å². The van der Waals surface area contributed by atoms with Crippen molar-refractivity contribution in [2.24, 2.45) is 0 Å². The highest BCUT2D eigenvalue weighted by molar-refractivity contribution is 6.42. The van der Waals surface area contributed by atoms with E-state index in [1.807, 2.05) is 6.92 Å². The molecule has 0 bridgehead atoms. The maximum Gasteiger partial charge on any atom is 0.413 e. The van der Waals surface area contributed by atoms with Crippen LogP contribution < -0.4 is 15.4 Å². The van der Waals surface area contributed by atoms with Crippen molar-refractivity contribution >= 4 is 58.3 Å². The zero-order valence-electron chi connectivity index (χ0n) is 26.7. The number of fused-ring (bicyclic) bond motifs is 1. The largest absolute Gasteiger partial charge is 0.490 e. The molecule has 1 aromatic carbocycles. The van der Waals surface area contributed by atoms with Crippen LogP contribution in [-0.4, -0.2) is 67.6 Å². The molecule has 0 spiro atoms. The molecule has 0 fully saturated rings. The van der Waals surface area contributed by atoms with Gasteiger partial charge < -0.3 is 28.8 Å². The Hall–Kier alpha value is -3.84. The second-order valence-electron chi connectivity index (χ2n) is 12.2. The maximum atomic E-state index is 12.6. The number of nitrogens with one attached hydrogen (secondary N) is 2. The standard InChI is InChI=1S/C30H40Cl2N6O7/c1-9-42-26(39)20(36-27(40)44-29(3,4)5)12-10-17(2)43-21-13-11-19(31)22(32)18(21)14-38-16-35-23-24(33-15-34-25(23)38)37-28(41)45-30(6,7)8/h11,13,15-17,20H,9-10,12,14H2,1-8H3,(H,36,40)(H,33,34,37,41)/t17?,20-/m1/s1. The number of carbonyl (C=O) groups is 3. The van der Waals surface area contributed by atoms with Crippen molar-refractivity contribution in [3.8, 4) is 5.75 Å². The molecule has 2 heterocycles. The summed E-state index contributed by atoms with van der Waals surface area (Å²) in [5, 5.41) is 5.80. The number of alkyl carbamates (subject to hydrolysis) is 1. The molecule has 15 heteroatoms. The summed E-state index contributed by atoms with van der Waals surface area (Å²) in [6.07, 6.45) is 1.64. The minimum Gasteiger partial charge on any atom is -0.490 e. The lowest BCUT2D eigenvalue weighted by atomic mass is 10.1. The van der Waals surface area contributed by atoms with Crippen LogP contribution in [0.5, 0.6) is 5.75 Å². The Balaban J connectivity index is 1.78. The molecule has 0 aliphatic carbocycles. The Morgan fingerprint density at radius 3 is 2.27 bits per heavy atom. The van der Waals surface area contributed by atoms with Crippen molar-refractivity contribution in [3.05, 3.63) is 40.4 Å². The topological polar surface area (TPSA) is 156 Å². The number of hydrogen-bond acceptors (Lipinski definition) is 10. The van der Waals surface area contributed by atoms with Crippen LogP contribution >= 0.6 is 23.2 Å². The molecule has 0 aliphatic rings. The van der Waals surface area contributed by atoms with Gasteiger partial charge in [0.05, 0.1) is 35.6 Å². The Labute approximate surface area is 272 Å². The molecule has 2 atom stereocenters. The first-order valence-corrected chi connectivity index (χ1v) is 15.2. The van der Waals surface area contributed by atoms with E-state index in [9.17, 15) is 14.4 Å². The van der Waals surface area contributed by atoms with Gasteiger partial charge in [0.1, 0.15) is 29.3 Å². The molecule has 0 radical (unpaired) electrons. The van der Waals surface area contributed by atoms with Gasteiger partial charge in [-0.2, -0.15) is 0 Å². The highest BCUT2D eigenvalue weighted by atomic mass is 35.5. The van der Waals surface area contributed by atoms with Crippen LogP contribution in [-0.2, 0) is 25.5 Å². The second kappa shape index (κ2) is 15.0. The summed E-state index contributed by atoms with van der Waals surface area (Å²) in [4.78, 5) is 50.1. The van der Waals surface area contributed by atoms with Gasteiger partial charge >= 0.3 is 18.2 Å². The van der Waals surface area contributed by atoms with Gasteiger partial charge in [0.2, 0.25) is 0 Å². The summed E-state index contributed by atoms with van der Waals surface area (Å²) in [7, 11) is 0. The molecule has 0 saturated heterocycles. The van der Waals surface area contributed by atoms with E-state index in [2.05, 4.69) is 25.6 Å². The number of carbonyl (C=O) groups excluding carboxylic acids is 3. The monoisotopic (exact) mass is 666 g/mol. The predicted octanol–water partition coefficient (Wildman–Crippen LogP) is 6.53. The summed E-state index contributed by atoms with van der Waals surface area (Å²) >= 11 is 13.0. The molecule has 0 saturated carbocycles. The van der Waals surface area contributed by atoms with Crippen LogP contribution in [0.4, 0.5) is 15.4 Å². The molecule has 2 N–H and O–H groups in total. The van der Waals surface area contributed by atoms with Crippen LogP contribution in [0.2, 0.25) is 10.0 Å². The Bertz CT molecular complexity index is 1520.